The van der Waals surface area contributed by atoms with E-state index in [1.807, 2.05) is 72.2 Å². The van der Waals surface area contributed by atoms with Gasteiger partial charge in [0.2, 0.25) is 5.91 Å². The lowest BCUT2D eigenvalue weighted by Gasteiger charge is -2.30. The number of ether oxygens (including phenoxy) is 1. The molecule has 1 amide bonds. The molecule has 198 valence electrons. The molecule has 0 unspecified atom stereocenters. The first-order valence-electron chi connectivity index (χ1n) is 13.1. The number of benzene rings is 3. The maximum Gasteiger partial charge on any atom is 0.335 e. The molecule has 0 fully saturated rings. The van der Waals surface area contributed by atoms with E-state index in [4.69, 9.17) is 4.74 Å². The molecule has 1 aromatic heterocycles. The summed E-state index contributed by atoms with van der Waals surface area (Å²) in [6.45, 7) is 5.21. The highest BCUT2D eigenvalue weighted by Crippen LogP contribution is 2.35. The van der Waals surface area contributed by atoms with Gasteiger partial charge in [-0.2, -0.15) is 5.10 Å². The van der Waals surface area contributed by atoms with Crippen LogP contribution >= 0.6 is 0 Å². The molecule has 0 atom stereocenters. The number of aromatic nitrogens is 2. The maximum absolute atomic E-state index is 13.2. The van der Waals surface area contributed by atoms with Gasteiger partial charge in [-0.3, -0.25) is 9.48 Å². The topological polar surface area (TPSA) is 84.7 Å². The van der Waals surface area contributed by atoms with Gasteiger partial charge in [-0.1, -0.05) is 36.4 Å². The van der Waals surface area contributed by atoms with Crippen LogP contribution in [0.15, 0.2) is 85.4 Å². The normalized spacial score (nSPS) is 12.9. The number of nitrogens with zero attached hydrogens (tertiary/aromatic N) is 3. The summed E-state index contributed by atoms with van der Waals surface area (Å²) in [6.07, 6.45) is 9.18. The molecule has 1 aliphatic rings. The van der Waals surface area contributed by atoms with E-state index in [9.17, 15) is 14.7 Å². The average molecular weight is 522 g/mol. The fourth-order valence-corrected chi connectivity index (χ4v) is 4.97. The first-order chi connectivity index (χ1) is 18.9. The van der Waals surface area contributed by atoms with Gasteiger partial charge in [-0.25, -0.2) is 4.79 Å². The standard InChI is InChI=1S/C32H31N3O4/c1-22-8-3-14-30(23(22)2)39-17-7-15-31(36)35-16-6-12-28-27(11-5-13-29(28)35)26-19-33-34(21-26)20-24-9-4-10-25(18-24)32(37)38/h3-5,7-11,13-14,17-19,21H,6,12,15-16,20H2,1-2H3,(H,37,38). The lowest BCUT2D eigenvalue weighted by atomic mass is 9.93. The van der Waals surface area contributed by atoms with Gasteiger partial charge in [-0.15, -0.1) is 0 Å². The molecule has 0 aliphatic carbocycles. The number of anilines is 1. The van der Waals surface area contributed by atoms with Crippen LogP contribution in [0.25, 0.3) is 11.1 Å². The predicted molar refractivity (Wildman–Crippen MR) is 151 cm³/mol. The van der Waals surface area contributed by atoms with Crippen LogP contribution in [0.2, 0.25) is 0 Å². The fourth-order valence-electron chi connectivity index (χ4n) is 4.97. The first kappa shape index (κ1) is 26.0. The van der Waals surface area contributed by atoms with E-state index >= 15 is 0 Å². The van der Waals surface area contributed by atoms with E-state index in [0.717, 1.165) is 57.7 Å². The van der Waals surface area contributed by atoms with Crippen LogP contribution in [-0.4, -0.2) is 33.3 Å². The van der Waals surface area contributed by atoms with Crippen LogP contribution in [0.3, 0.4) is 0 Å². The van der Waals surface area contributed by atoms with Gasteiger partial charge >= 0.3 is 5.97 Å². The molecule has 39 heavy (non-hydrogen) atoms. The van der Waals surface area contributed by atoms with Crippen molar-refractivity contribution in [3.05, 3.63) is 113 Å². The molecule has 3 aromatic carbocycles. The van der Waals surface area contributed by atoms with Crippen molar-refractivity contribution < 1.29 is 19.4 Å². The summed E-state index contributed by atoms with van der Waals surface area (Å²) in [5, 5.41) is 13.8. The number of fused-ring (bicyclic) bond motifs is 1. The number of carbonyl (C=O) groups is 2. The summed E-state index contributed by atoms with van der Waals surface area (Å²) in [7, 11) is 0. The smallest absolute Gasteiger partial charge is 0.335 e. The third-order valence-electron chi connectivity index (χ3n) is 7.15. The second-order valence-electron chi connectivity index (χ2n) is 9.78. The Morgan fingerprint density at radius 1 is 1.08 bits per heavy atom. The van der Waals surface area contributed by atoms with Gasteiger partial charge in [0.05, 0.1) is 24.6 Å². The second-order valence-corrected chi connectivity index (χ2v) is 9.78. The van der Waals surface area contributed by atoms with Gasteiger partial charge in [0.15, 0.2) is 0 Å². The zero-order valence-electron chi connectivity index (χ0n) is 22.1. The molecule has 0 spiro atoms. The third-order valence-corrected chi connectivity index (χ3v) is 7.15. The average Bonchev–Trinajstić information content (AvgIpc) is 3.40. The minimum absolute atomic E-state index is 0.0305. The molecule has 0 bridgehead atoms. The number of hydrogen-bond donors (Lipinski definition) is 1. The Labute approximate surface area is 228 Å². The summed E-state index contributed by atoms with van der Waals surface area (Å²) in [6, 6.07) is 18.9. The minimum Gasteiger partial charge on any atom is -0.478 e. The van der Waals surface area contributed by atoms with E-state index in [0.29, 0.717) is 13.1 Å². The lowest BCUT2D eigenvalue weighted by molar-refractivity contribution is -0.117. The van der Waals surface area contributed by atoms with Gasteiger partial charge in [0.1, 0.15) is 5.75 Å². The van der Waals surface area contributed by atoms with Gasteiger partial charge in [0.25, 0.3) is 0 Å². The summed E-state index contributed by atoms with van der Waals surface area (Å²) < 4.78 is 7.58. The number of amides is 1. The molecule has 1 aliphatic heterocycles. The summed E-state index contributed by atoms with van der Waals surface area (Å²) in [4.78, 5) is 26.4. The Morgan fingerprint density at radius 3 is 2.74 bits per heavy atom. The molecule has 7 heteroatoms. The van der Waals surface area contributed by atoms with Gasteiger partial charge in [-0.05, 0) is 84.8 Å². The molecule has 0 radical (unpaired) electrons. The fraction of sp³-hybridized carbons (Fsp3) is 0.219. The van der Waals surface area contributed by atoms with Crippen LogP contribution in [-0.2, 0) is 17.8 Å². The van der Waals surface area contributed by atoms with Crippen molar-refractivity contribution >= 4 is 17.6 Å². The number of carbonyl (C=O) groups excluding carboxylic acids is 1. The monoisotopic (exact) mass is 521 g/mol. The Kier molecular flexibility index (Phi) is 7.59. The number of aromatic carboxylic acids is 1. The molecule has 0 saturated heterocycles. The summed E-state index contributed by atoms with van der Waals surface area (Å²) in [5.74, 6) is -0.123. The van der Waals surface area contributed by atoms with Gasteiger partial charge in [0, 0.05) is 30.4 Å². The molecular weight excluding hydrogens is 490 g/mol. The minimum atomic E-state index is -0.947. The number of carboxylic acids is 1. The quantitative estimate of drug-likeness (QED) is 0.280. The van der Waals surface area contributed by atoms with E-state index in [1.54, 1.807) is 30.5 Å². The zero-order valence-corrected chi connectivity index (χ0v) is 22.1. The largest absolute Gasteiger partial charge is 0.478 e. The highest BCUT2D eigenvalue weighted by molar-refractivity contribution is 5.96. The van der Waals surface area contributed by atoms with Crippen molar-refractivity contribution in [1.29, 1.82) is 0 Å². The summed E-state index contributed by atoms with van der Waals surface area (Å²) in [5.41, 5.74) is 7.48. The van der Waals surface area contributed by atoms with Crippen molar-refractivity contribution in [1.82, 2.24) is 9.78 Å². The van der Waals surface area contributed by atoms with Crippen LogP contribution < -0.4 is 9.64 Å². The van der Waals surface area contributed by atoms with Crippen molar-refractivity contribution in [3.8, 4) is 16.9 Å². The van der Waals surface area contributed by atoms with Crippen LogP contribution in [0.4, 0.5) is 5.69 Å². The molecule has 0 saturated carbocycles. The van der Waals surface area contributed by atoms with Crippen molar-refractivity contribution in [2.75, 3.05) is 11.4 Å². The predicted octanol–water partition coefficient (Wildman–Crippen LogP) is 6.18. The van der Waals surface area contributed by atoms with Crippen LogP contribution in [0.5, 0.6) is 5.75 Å². The van der Waals surface area contributed by atoms with Crippen LogP contribution in [0.1, 0.15) is 45.5 Å². The van der Waals surface area contributed by atoms with E-state index in [-0.39, 0.29) is 17.9 Å². The highest BCUT2D eigenvalue weighted by atomic mass is 16.5. The molecule has 4 aromatic rings. The second kappa shape index (κ2) is 11.4. The SMILES string of the molecule is Cc1cccc(OC=CCC(=O)N2CCCc3c(-c4cnn(Cc5cccc(C(=O)O)c5)c4)cccc32)c1C. The van der Waals surface area contributed by atoms with Crippen molar-refractivity contribution in [2.24, 2.45) is 0 Å². The molecule has 5 rings (SSSR count). The molecule has 1 N–H and O–H groups in total. The molecule has 2 heterocycles. The molecule has 7 nitrogen and oxygen atoms in total. The number of carboxylic acid groups (broad SMARTS) is 1. The number of aryl methyl sites for hydroxylation is 1. The van der Waals surface area contributed by atoms with Crippen molar-refractivity contribution in [3.63, 3.8) is 0 Å². The zero-order chi connectivity index (χ0) is 27.4. The van der Waals surface area contributed by atoms with E-state index in [2.05, 4.69) is 11.2 Å². The lowest BCUT2D eigenvalue weighted by Crippen LogP contribution is -2.35. The van der Waals surface area contributed by atoms with E-state index < -0.39 is 5.97 Å². The Balaban J connectivity index is 1.29. The summed E-state index contributed by atoms with van der Waals surface area (Å²) >= 11 is 0. The van der Waals surface area contributed by atoms with Crippen LogP contribution in [0, 0.1) is 13.8 Å². The number of rotatable bonds is 8. The Bertz CT molecular complexity index is 1550. The molecular formula is C32H31N3O4. The highest BCUT2D eigenvalue weighted by Gasteiger charge is 2.24. The third kappa shape index (κ3) is 5.77. The first-order valence-corrected chi connectivity index (χ1v) is 13.1. The van der Waals surface area contributed by atoms with E-state index in [1.165, 1.54) is 0 Å². The van der Waals surface area contributed by atoms with Crippen molar-refractivity contribution in [2.45, 2.75) is 39.7 Å². The van der Waals surface area contributed by atoms with Gasteiger partial charge < -0.3 is 14.7 Å². The Morgan fingerprint density at radius 2 is 1.90 bits per heavy atom. The number of hydrogen-bond acceptors (Lipinski definition) is 4. The Hall–Kier alpha value is -4.65. The maximum atomic E-state index is 13.2.